The number of hydrogen-bond donors (Lipinski definition) is 0. The first kappa shape index (κ1) is 20.3. The van der Waals surface area contributed by atoms with E-state index in [-0.39, 0.29) is 0 Å². The third-order valence-electron chi connectivity index (χ3n) is 7.06. The Kier molecular flexibility index (Phi) is 8.07. The predicted molar refractivity (Wildman–Crippen MR) is 118 cm³/mol. The number of allylic oxidation sites excluding steroid dienone is 2. The minimum atomic E-state index is 0.757. The van der Waals surface area contributed by atoms with Crippen molar-refractivity contribution in [3.63, 3.8) is 0 Å². The van der Waals surface area contributed by atoms with Gasteiger partial charge in [0, 0.05) is 5.56 Å². The van der Waals surface area contributed by atoms with Crippen LogP contribution < -0.4 is 0 Å². The second-order valence-corrected chi connectivity index (χ2v) is 8.95. The fraction of sp³-hybridized carbons (Fsp3) is 0.630. The molecule has 0 atom stereocenters. The highest BCUT2D eigenvalue weighted by atomic mass is 14.3. The van der Waals surface area contributed by atoms with Gasteiger partial charge in [-0.15, -0.1) is 0 Å². The molecule has 3 rings (SSSR count). The van der Waals surface area contributed by atoms with Gasteiger partial charge >= 0.3 is 0 Å². The molecule has 27 heavy (non-hydrogen) atoms. The van der Waals surface area contributed by atoms with E-state index in [1.807, 2.05) is 0 Å². The lowest BCUT2D eigenvalue weighted by Gasteiger charge is -2.28. The minimum Gasteiger partial charge on any atom is -0.0730 e. The fourth-order valence-electron chi connectivity index (χ4n) is 5.13. The smallest absolute Gasteiger partial charge is 0.0249 e. The summed E-state index contributed by atoms with van der Waals surface area (Å²) in [5.74, 6) is 10.1. The SMILES string of the molecule is CCCC1CCC(C=CC#Cc2ccc(C3CCC(CC)CC3)cc2)CC1. The Hall–Kier alpha value is -1.48. The predicted octanol–water partition coefficient (Wildman–Crippen LogP) is 7.88. The van der Waals surface area contributed by atoms with Gasteiger partial charge in [-0.3, -0.25) is 0 Å². The third-order valence-corrected chi connectivity index (χ3v) is 7.06. The summed E-state index contributed by atoms with van der Waals surface area (Å²) in [6, 6.07) is 9.08. The molecule has 0 saturated heterocycles. The lowest BCUT2D eigenvalue weighted by Crippen LogP contribution is -2.12. The molecule has 0 N–H and O–H groups in total. The second kappa shape index (κ2) is 10.8. The monoisotopic (exact) mass is 362 g/mol. The molecule has 1 aromatic rings. The Morgan fingerprint density at radius 1 is 0.852 bits per heavy atom. The normalized spacial score (nSPS) is 28.7. The fourth-order valence-corrected chi connectivity index (χ4v) is 5.13. The molecule has 0 amide bonds. The maximum absolute atomic E-state index is 3.32. The van der Waals surface area contributed by atoms with Crippen molar-refractivity contribution in [3.05, 3.63) is 47.5 Å². The zero-order valence-electron chi connectivity index (χ0n) is 17.6. The van der Waals surface area contributed by atoms with Gasteiger partial charge < -0.3 is 0 Å². The molecule has 0 heteroatoms. The van der Waals surface area contributed by atoms with Gasteiger partial charge in [0.1, 0.15) is 0 Å². The van der Waals surface area contributed by atoms with Crippen LogP contribution in [0.1, 0.15) is 102 Å². The van der Waals surface area contributed by atoms with Gasteiger partial charge in [-0.05, 0) is 98.8 Å². The Balaban J connectivity index is 1.45. The maximum atomic E-state index is 3.32. The van der Waals surface area contributed by atoms with E-state index in [0.29, 0.717) is 0 Å². The van der Waals surface area contributed by atoms with Gasteiger partial charge in [-0.2, -0.15) is 0 Å². The molecule has 0 aromatic heterocycles. The molecule has 2 saturated carbocycles. The average Bonchev–Trinajstić information content (AvgIpc) is 2.73. The molecular formula is C27H38. The molecular weight excluding hydrogens is 324 g/mol. The van der Waals surface area contributed by atoms with Crippen LogP contribution >= 0.6 is 0 Å². The van der Waals surface area contributed by atoms with Gasteiger partial charge in [0.15, 0.2) is 0 Å². The van der Waals surface area contributed by atoms with E-state index >= 15 is 0 Å². The van der Waals surface area contributed by atoms with Gasteiger partial charge in [-0.25, -0.2) is 0 Å². The number of rotatable bonds is 5. The highest BCUT2D eigenvalue weighted by molar-refractivity contribution is 5.39. The van der Waals surface area contributed by atoms with Crippen LogP contribution in [0.2, 0.25) is 0 Å². The van der Waals surface area contributed by atoms with Crippen LogP contribution in [0.3, 0.4) is 0 Å². The Morgan fingerprint density at radius 2 is 1.52 bits per heavy atom. The summed E-state index contributed by atoms with van der Waals surface area (Å²) in [7, 11) is 0. The quantitative estimate of drug-likeness (QED) is 0.467. The molecule has 0 nitrogen and oxygen atoms in total. The van der Waals surface area contributed by atoms with Gasteiger partial charge in [0.05, 0.1) is 0 Å². The highest BCUT2D eigenvalue weighted by Gasteiger charge is 2.21. The van der Waals surface area contributed by atoms with Crippen molar-refractivity contribution in [1.82, 2.24) is 0 Å². The van der Waals surface area contributed by atoms with E-state index in [1.165, 1.54) is 76.2 Å². The van der Waals surface area contributed by atoms with Crippen LogP contribution in [0.5, 0.6) is 0 Å². The lowest BCUT2D eigenvalue weighted by atomic mass is 9.78. The van der Waals surface area contributed by atoms with E-state index in [9.17, 15) is 0 Å². The van der Waals surface area contributed by atoms with Crippen LogP contribution in [0, 0.1) is 29.6 Å². The summed E-state index contributed by atoms with van der Waals surface area (Å²) in [5, 5.41) is 0. The zero-order valence-corrected chi connectivity index (χ0v) is 17.6. The van der Waals surface area contributed by atoms with Crippen molar-refractivity contribution in [1.29, 1.82) is 0 Å². The molecule has 1 aromatic carbocycles. The number of hydrogen-bond acceptors (Lipinski definition) is 0. The van der Waals surface area contributed by atoms with Crippen LogP contribution in [-0.4, -0.2) is 0 Å². The van der Waals surface area contributed by atoms with Crippen molar-refractivity contribution in [2.24, 2.45) is 17.8 Å². The van der Waals surface area contributed by atoms with Gasteiger partial charge in [0.2, 0.25) is 0 Å². The van der Waals surface area contributed by atoms with Crippen molar-refractivity contribution in [2.45, 2.75) is 90.4 Å². The van der Waals surface area contributed by atoms with Gasteiger partial charge in [-0.1, -0.05) is 63.2 Å². The Morgan fingerprint density at radius 3 is 2.15 bits per heavy atom. The van der Waals surface area contributed by atoms with E-state index in [0.717, 1.165) is 29.2 Å². The molecule has 0 aliphatic heterocycles. The summed E-state index contributed by atoms with van der Waals surface area (Å²) < 4.78 is 0. The van der Waals surface area contributed by atoms with Crippen molar-refractivity contribution in [2.75, 3.05) is 0 Å². The first-order valence-electron chi connectivity index (χ1n) is 11.6. The summed E-state index contributed by atoms with van der Waals surface area (Å²) in [4.78, 5) is 0. The molecule has 0 radical (unpaired) electrons. The maximum Gasteiger partial charge on any atom is 0.0249 e. The molecule has 0 heterocycles. The lowest BCUT2D eigenvalue weighted by molar-refractivity contribution is 0.294. The standard InChI is InChI=1S/C27H38/c1-3-7-23-10-12-24(13-11-23)8-5-6-9-25-16-20-27(21-17-25)26-18-14-22(4-2)15-19-26/h5,8,16-17,20-24,26H,3-4,7,10-15,18-19H2,1-2H3. The summed E-state index contributed by atoms with van der Waals surface area (Å²) in [5.41, 5.74) is 2.67. The highest BCUT2D eigenvalue weighted by Crippen LogP contribution is 2.37. The van der Waals surface area contributed by atoms with Gasteiger partial charge in [0.25, 0.3) is 0 Å². The van der Waals surface area contributed by atoms with E-state index in [4.69, 9.17) is 0 Å². The Bertz CT molecular complexity index is 623. The Labute approximate surface area is 167 Å². The largest absolute Gasteiger partial charge is 0.0730 e. The summed E-state index contributed by atoms with van der Waals surface area (Å²) >= 11 is 0. The van der Waals surface area contributed by atoms with Crippen molar-refractivity contribution in [3.8, 4) is 11.8 Å². The second-order valence-electron chi connectivity index (χ2n) is 8.95. The van der Waals surface area contributed by atoms with Crippen LogP contribution in [0.4, 0.5) is 0 Å². The van der Waals surface area contributed by atoms with Crippen molar-refractivity contribution >= 4 is 0 Å². The van der Waals surface area contributed by atoms with Crippen LogP contribution in [0.25, 0.3) is 0 Å². The molecule has 2 fully saturated rings. The molecule has 2 aliphatic rings. The van der Waals surface area contributed by atoms with Crippen molar-refractivity contribution < 1.29 is 0 Å². The first-order valence-corrected chi connectivity index (χ1v) is 11.6. The topological polar surface area (TPSA) is 0 Å². The average molecular weight is 363 g/mol. The van der Waals surface area contributed by atoms with E-state index in [2.05, 4.69) is 62.1 Å². The zero-order chi connectivity index (χ0) is 18.9. The molecule has 146 valence electrons. The first-order chi connectivity index (χ1) is 13.3. The summed E-state index contributed by atoms with van der Waals surface area (Å²) in [6.45, 7) is 4.65. The molecule has 0 spiro atoms. The van der Waals surface area contributed by atoms with E-state index in [1.54, 1.807) is 0 Å². The molecule has 0 bridgehead atoms. The van der Waals surface area contributed by atoms with E-state index < -0.39 is 0 Å². The van der Waals surface area contributed by atoms with Crippen LogP contribution in [0.15, 0.2) is 36.4 Å². The van der Waals surface area contributed by atoms with Crippen LogP contribution in [-0.2, 0) is 0 Å². The minimum absolute atomic E-state index is 0.757. The summed E-state index contributed by atoms with van der Waals surface area (Å²) in [6.07, 6.45) is 19.7. The number of benzene rings is 1. The molecule has 0 unspecified atom stereocenters. The third kappa shape index (κ3) is 6.27. The molecule has 2 aliphatic carbocycles.